The van der Waals surface area contributed by atoms with E-state index < -0.39 is 0 Å². The lowest BCUT2D eigenvalue weighted by Crippen LogP contribution is -2.14. The summed E-state index contributed by atoms with van der Waals surface area (Å²) >= 11 is 1.84. The molecule has 0 saturated heterocycles. The number of para-hydroxylation sites is 1. The van der Waals surface area contributed by atoms with Gasteiger partial charge >= 0.3 is 0 Å². The molecule has 5 nitrogen and oxygen atoms in total. The van der Waals surface area contributed by atoms with Gasteiger partial charge < -0.3 is 14.7 Å². The summed E-state index contributed by atoms with van der Waals surface area (Å²) in [7, 11) is 0. The first-order valence-corrected chi connectivity index (χ1v) is 21.5. The Labute approximate surface area is 364 Å². The molecule has 0 bridgehead atoms. The average molecular weight is 814 g/mol. The quantitative estimate of drug-likeness (QED) is 0.137. The maximum absolute atomic E-state index is 4.41. The third-order valence-electron chi connectivity index (χ3n) is 11.4. The third-order valence-corrected chi connectivity index (χ3v) is 12.5. The monoisotopic (exact) mass is 813 g/mol. The van der Waals surface area contributed by atoms with E-state index in [1.165, 1.54) is 30.9 Å². The van der Waals surface area contributed by atoms with Crippen molar-refractivity contribution in [3.05, 3.63) is 237 Å². The Morgan fingerprint density at radius 2 is 0.823 bits per heavy atom. The maximum atomic E-state index is 4.41. The number of rotatable bonds is 10. The normalized spacial score (nSPS) is 11.2. The van der Waals surface area contributed by atoms with E-state index in [9.17, 15) is 0 Å². The lowest BCUT2D eigenvalue weighted by molar-refractivity contribution is 1.22. The topological polar surface area (TPSA) is 35.5 Å². The Morgan fingerprint density at radius 3 is 1.52 bits per heavy atom. The summed E-state index contributed by atoms with van der Waals surface area (Å²) in [5.41, 5.74) is 11.6. The minimum absolute atomic E-state index is 1.00. The summed E-state index contributed by atoms with van der Waals surface area (Å²) in [6.45, 7) is 0. The van der Waals surface area contributed by atoms with Crippen LogP contribution in [0.5, 0.6) is 0 Å². The second kappa shape index (κ2) is 16.2. The van der Waals surface area contributed by atoms with E-state index in [1.54, 1.807) is 0 Å². The summed E-state index contributed by atoms with van der Waals surface area (Å²) in [6, 6.07) is 76.0. The van der Waals surface area contributed by atoms with Crippen LogP contribution in [0.15, 0.2) is 237 Å². The molecular formula is C56H39N5S. The Hall–Kier alpha value is -8.06. The molecule has 3 aromatic heterocycles. The van der Waals surface area contributed by atoms with E-state index >= 15 is 0 Å². The van der Waals surface area contributed by atoms with Gasteiger partial charge in [0.25, 0.3) is 0 Å². The van der Waals surface area contributed by atoms with Crippen LogP contribution in [0.4, 0.5) is 51.2 Å². The zero-order valence-electron chi connectivity index (χ0n) is 33.7. The third kappa shape index (κ3) is 7.08. The van der Waals surface area contributed by atoms with Crippen molar-refractivity contribution in [1.82, 2.24) is 9.97 Å². The van der Waals surface area contributed by atoms with Gasteiger partial charge in [0, 0.05) is 96.1 Å². The summed E-state index contributed by atoms with van der Waals surface area (Å²) in [5.74, 6) is 0. The lowest BCUT2D eigenvalue weighted by Gasteiger charge is -2.31. The molecule has 0 atom stereocenters. The van der Waals surface area contributed by atoms with Gasteiger partial charge in [-0.3, -0.25) is 9.97 Å². The molecule has 6 heteroatoms. The van der Waals surface area contributed by atoms with Gasteiger partial charge in [0.2, 0.25) is 0 Å². The fourth-order valence-electron chi connectivity index (χ4n) is 8.46. The highest BCUT2D eigenvalue weighted by Crippen LogP contribution is 2.45. The van der Waals surface area contributed by atoms with Gasteiger partial charge in [-0.1, -0.05) is 97.1 Å². The zero-order valence-corrected chi connectivity index (χ0v) is 34.5. The van der Waals surface area contributed by atoms with Crippen LogP contribution in [0.1, 0.15) is 0 Å². The first-order valence-electron chi connectivity index (χ1n) is 20.7. The van der Waals surface area contributed by atoms with Gasteiger partial charge in [-0.15, -0.1) is 11.3 Å². The molecule has 0 unspecified atom stereocenters. The molecule has 62 heavy (non-hydrogen) atoms. The van der Waals surface area contributed by atoms with Crippen molar-refractivity contribution in [2.45, 2.75) is 0 Å². The standard InChI is InChI=1S/C56H39N5S/c1-2-14-44(15-3-1)59(51-27-24-40-11-4-5-12-42(40)35-51)47-16-8-18-49(36-47)61(46-30-33-57-34-31-46)50-19-9-17-48(37-50)60(45-25-22-41(23-26-45)43-13-10-32-58-39-43)52-28-29-56-54(38-52)53-20-6-7-21-55(53)62-56/h1-39H. The molecule has 0 aliphatic carbocycles. The molecule has 0 amide bonds. The van der Waals surface area contributed by atoms with Crippen LogP contribution in [-0.4, -0.2) is 9.97 Å². The Morgan fingerprint density at radius 1 is 0.290 bits per heavy atom. The smallest absolute Gasteiger partial charge is 0.0492 e. The van der Waals surface area contributed by atoms with Crippen LogP contribution in [0, 0.1) is 0 Å². The van der Waals surface area contributed by atoms with Gasteiger partial charge in [-0.05, 0) is 137 Å². The van der Waals surface area contributed by atoms with Gasteiger partial charge in [-0.2, -0.15) is 0 Å². The molecule has 0 aliphatic heterocycles. The number of hydrogen-bond acceptors (Lipinski definition) is 6. The SMILES string of the molecule is c1ccc(N(c2cccc(N(c3ccncc3)c3cccc(N(c4ccc(-c5cccnc5)cc4)c4ccc5sc6ccccc6c5c4)c3)c2)c2ccc3ccccc3c2)cc1. The summed E-state index contributed by atoms with van der Waals surface area (Å²) in [5, 5.41) is 4.93. The highest BCUT2D eigenvalue weighted by molar-refractivity contribution is 7.25. The predicted octanol–water partition coefficient (Wildman–Crippen LogP) is 16.1. The zero-order chi connectivity index (χ0) is 41.2. The molecule has 11 aromatic rings. The number of nitrogens with zero attached hydrogens (tertiary/aromatic N) is 5. The second-order valence-corrected chi connectivity index (χ2v) is 16.3. The van der Waals surface area contributed by atoms with E-state index in [0.717, 1.165) is 62.3 Å². The van der Waals surface area contributed by atoms with E-state index in [-0.39, 0.29) is 0 Å². The van der Waals surface area contributed by atoms with Crippen molar-refractivity contribution >= 4 is 93.5 Å². The van der Waals surface area contributed by atoms with Crippen molar-refractivity contribution in [1.29, 1.82) is 0 Å². The van der Waals surface area contributed by atoms with Crippen LogP contribution in [-0.2, 0) is 0 Å². The van der Waals surface area contributed by atoms with Crippen molar-refractivity contribution in [2.24, 2.45) is 0 Å². The highest BCUT2D eigenvalue weighted by Gasteiger charge is 2.21. The van der Waals surface area contributed by atoms with Crippen molar-refractivity contribution in [3.8, 4) is 11.1 Å². The van der Waals surface area contributed by atoms with Crippen molar-refractivity contribution in [2.75, 3.05) is 14.7 Å². The minimum atomic E-state index is 1.00. The van der Waals surface area contributed by atoms with Gasteiger partial charge in [0.15, 0.2) is 0 Å². The first kappa shape index (κ1) is 37.0. The summed E-state index contributed by atoms with van der Waals surface area (Å²) in [4.78, 5) is 15.8. The molecule has 0 radical (unpaired) electrons. The lowest BCUT2D eigenvalue weighted by atomic mass is 10.1. The number of benzene rings is 8. The van der Waals surface area contributed by atoms with Crippen LogP contribution >= 0.6 is 11.3 Å². The molecule has 0 fully saturated rings. The minimum Gasteiger partial charge on any atom is -0.310 e. The molecule has 0 aliphatic rings. The highest BCUT2D eigenvalue weighted by atomic mass is 32.1. The molecule has 8 aromatic carbocycles. The van der Waals surface area contributed by atoms with Crippen LogP contribution in [0.25, 0.3) is 42.1 Å². The largest absolute Gasteiger partial charge is 0.310 e. The number of aromatic nitrogens is 2. The molecule has 0 saturated carbocycles. The Bertz CT molecular complexity index is 3320. The fourth-order valence-corrected chi connectivity index (χ4v) is 9.55. The van der Waals surface area contributed by atoms with Gasteiger partial charge in [0.1, 0.15) is 0 Å². The van der Waals surface area contributed by atoms with Crippen molar-refractivity contribution < 1.29 is 0 Å². The maximum Gasteiger partial charge on any atom is 0.0492 e. The van der Waals surface area contributed by atoms with E-state index in [4.69, 9.17) is 0 Å². The van der Waals surface area contributed by atoms with Crippen LogP contribution < -0.4 is 14.7 Å². The van der Waals surface area contributed by atoms with Crippen molar-refractivity contribution in [3.63, 3.8) is 0 Å². The average Bonchev–Trinajstić information content (AvgIpc) is 3.71. The molecule has 0 N–H and O–H groups in total. The Balaban J connectivity index is 1.05. The summed E-state index contributed by atoms with van der Waals surface area (Å²) in [6.07, 6.45) is 7.44. The number of hydrogen-bond donors (Lipinski definition) is 0. The van der Waals surface area contributed by atoms with Gasteiger partial charge in [-0.25, -0.2) is 0 Å². The fraction of sp³-hybridized carbons (Fsp3) is 0. The predicted molar refractivity (Wildman–Crippen MR) is 262 cm³/mol. The van der Waals surface area contributed by atoms with E-state index in [0.29, 0.717) is 0 Å². The number of anilines is 9. The molecule has 3 heterocycles. The number of fused-ring (bicyclic) bond motifs is 4. The van der Waals surface area contributed by atoms with Crippen LogP contribution in [0.3, 0.4) is 0 Å². The van der Waals surface area contributed by atoms with E-state index in [2.05, 4.69) is 231 Å². The summed E-state index contributed by atoms with van der Waals surface area (Å²) < 4.78 is 2.56. The Kier molecular flexibility index (Phi) is 9.65. The number of thiophene rings is 1. The van der Waals surface area contributed by atoms with Crippen LogP contribution in [0.2, 0.25) is 0 Å². The molecule has 0 spiro atoms. The van der Waals surface area contributed by atoms with Gasteiger partial charge in [0.05, 0.1) is 0 Å². The molecule has 11 rings (SSSR count). The molecule has 294 valence electrons. The first-order chi connectivity index (χ1) is 30.7. The second-order valence-electron chi connectivity index (χ2n) is 15.2. The molecular weight excluding hydrogens is 775 g/mol. The number of pyridine rings is 2. The van der Waals surface area contributed by atoms with E-state index in [1.807, 2.05) is 42.2 Å².